The third-order valence-corrected chi connectivity index (χ3v) is 5.31. The van der Waals surface area contributed by atoms with E-state index in [9.17, 15) is 9.18 Å². The highest BCUT2D eigenvalue weighted by Gasteiger charge is 2.46. The Hall–Kier alpha value is -1.62. The molecule has 2 saturated heterocycles. The smallest absolute Gasteiger partial charge is 0.315 e. The molecule has 4 rings (SSSR count). The Morgan fingerprint density at radius 2 is 2.14 bits per heavy atom. The van der Waals surface area contributed by atoms with Crippen molar-refractivity contribution >= 4 is 6.03 Å². The van der Waals surface area contributed by atoms with Crippen molar-refractivity contribution in [3.63, 3.8) is 0 Å². The molecule has 1 aromatic carbocycles. The van der Waals surface area contributed by atoms with Crippen LogP contribution < -0.4 is 10.6 Å². The number of halogens is 1. The highest BCUT2D eigenvalue weighted by molar-refractivity contribution is 5.74. The first-order chi connectivity index (χ1) is 10.7. The molecular formula is C17H21FN2O2. The number of rotatable bonds is 4. The Bertz CT molecular complexity index is 588. The summed E-state index contributed by atoms with van der Waals surface area (Å²) in [4.78, 5) is 12.1. The van der Waals surface area contributed by atoms with Gasteiger partial charge in [-0.15, -0.1) is 0 Å². The zero-order valence-electron chi connectivity index (χ0n) is 12.5. The van der Waals surface area contributed by atoms with Crippen LogP contribution in [0.4, 0.5) is 9.18 Å². The van der Waals surface area contributed by atoms with Gasteiger partial charge in [-0.2, -0.15) is 0 Å². The zero-order valence-corrected chi connectivity index (χ0v) is 12.5. The normalized spacial score (nSPS) is 31.0. The second kappa shape index (κ2) is 5.23. The van der Waals surface area contributed by atoms with Crippen LogP contribution in [0.15, 0.2) is 24.3 Å². The lowest BCUT2D eigenvalue weighted by Crippen LogP contribution is -2.48. The number of carbonyl (C=O) groups excluding carboxylic acids is 1. The Balaban J connectivity index is 1.33. The van der Waals surface area contributed by atoms with Crippen LogP contribution in [0, 0.1) is 5.82 Å². The quantitative estimate of drug-likeness (QED) is 0.898. The highest BCUT2D eigenvalue weighted by Crippen LogP contribution is 2.48. The molecule has 2 bridgehead atoms. The molecule has 1 saturated carbocycles. The fourth-order valence-electron chi connectivity index (χ4n) is 3.84. The summed E-state index contributed by atoms with van der Waals surface area (Å²) in [6, 6.07) is 6.83. The van der Waals surface area contributed by atoms with Crippen molar-refractivity contribution in [1.82, 2.24) is 10.6 Å². The lowest BCUT2D eigenvalue weighted by atomic mass is 9.95. The van der Waals surface area contributed by atoms with Crippen LogP contribution >= 0.6 is 0 Å². The molecule has 118 valence electrons. The largest absolute Gasteiger partial charge is 0.373 e. The topological polar surface area (TPSA) is 50.4 Å². The summed E-state index contributed by atoms with van der Waals surface area (Å²) in [5, 5.41) is 5.93. The highest BCUT2D eigenvalue weighted by atomic mass is 19.1. The van der Waals surface area contributed by atoms with Gasteiger partial charge in [0, 0.05) is 12.0 Å². The summed E-state index contributed by atoms with van der Waals surface area (Å²) in [6.45, 7) is 0.488. The summed E-state index contributed by atoms with van der Waals surface area (Å²) in [7, 11) is 0. The average molecular weight is 304 g/mol. The Morgan fingerprint density at radius 1 is 1.32 bits per heavy atom. The molecule has 1 aromatic rings. The molecule has 2 N–H and O–H groups in total. The summed E-state index contributed by atoms with van der Waals surface area (Å²) in [5.74, 6) is -0.177. The van der Waals surface area contributed by atoms with Gasteiger partial charge in [0.1, 0.15) is 5.82 Å². The van der Waals surface area contributed by atoms with Gasteiger partial charge in [-0.3, -0.25) is 0 Å². The minimum absolute atomic E-state index is 0.127. The molecule has 2 amide bonds. The van der Waals surface area contributed by atoms with Crippen LogP contribution in [0.2, 0.25) is 0 Å². The van der Waals surface area contributed by atoms with Crippen LogP contribution in [0.1, 0.15) is 37.7 Å². The summed E-state index contributed by atoms with van der Waals surface area (Å²) < 4.78 is 19.7. The standard InChI is InChI=1S/C17H21FN2O2/c18-13-4-2-1-3-12(13)17(7-8-17)10-19-16(21)20-14-9-11-5-6-15(14)22-11/h1-4,11,14-15H,5-10H2,(H2,19,20,21). The molecule has 2 heterocycles. The molecule has 3 fully saturated rings. The van der Waals surface area contributed by atoms with Gasteiger partial charge in [0.15, 0.2) is 0 Å². The number of nitrogens with one attached hydrogen (secondary N) is 2. The maximum atomic E-state index is 13.9. The maximum Gasteiger partial charge on any atom is 0.315 e. The summed E-state index contributed by atoms with van der Waals surface area (Å²) in [6.07, 6.45) is 5.41. The Kier molecular flexibility index (Phi) is 3.33. The van der Waals surface area contributed by atoms with Crippen LogP contribution in [-0.2, 0) is 10.2 Å². The monoisotopic (exact) mass is 304 g/mol. The first kappa shape index (κ1) is 14.0. The second-order valence-electron chi connectivity index (χ2n) is 6.80. The van der Waals surface area contributed by atoms with Gasteiger partial charge in [-0.05, 0) is 43.7 Å². The molecule has 4 nitrogen and oxygen atoms in total. The predicted molar refractivity (Wildman–Crippen MR) is 80.1 cm³/mol. The van der Waals surface area contributed by atoms with E-state index in [-0.39, 0.29) is 29.4 Å². The van der Waals surface area contributed by atoms with Crippen molar-refractivity contribution in [1.29, 1.82) is 0 Å². The van der Waals surface area contributed by atoms with Crippen molar-refractivity contribution in [3.05, 3.63) is 35.6 Å². The van der Waals surface area contributed by atoms with E-state index in [1.807, 2.05) is 12.1 Å². The van der Waals surface area contributed by atoms with E-state index in [0.29, 0.717) is 12.6 Å². The van der Waals surface area contributed by atoms with E-state index in [1.54, 1.807) is 6.07 Å². The van der Waals surface area contributed by atoms with Crippen LogP contribution in [0.3, 0.4) is 0 Å². The molecule has 2 aliphatic heterocycles. The van der Waals surface area contributed by atoms with Gasteiger partial charge in [-0.1, -0.05) is 18.2 Å². The molecule has 3 atom stereocenters. The number of hydrogen-bond acceptors (Lipinski definition) is 2. The number of hydrogen-bond donors (Lipinski definition) is 2. The summed E-state index contributed by atoms with van der Waals surface area (Å²) >= 11 is 0. The number of benzene rings is 1. The lowest BCUT2D eigenvalue weighted by Gasteiger charge is -2.22. The number of fused-ring (bicyclic) bond motifs is 2. The van der Waals surface area contributed by atoms with Gasteiger partial charge in [0.25, 0.3) is 0 Å². The molecule has 3 unspecified atom stereocenters. The number of carbonyl (C=O) groups is 1. The lowest BCUT2D eigenvalue weighted by molar-refractivity contribution is 0.0981. The average Bonchev–Trinajstić information content (AvgIpc) is 3.01. The van der Waals surface area contributed by atoms with E-state index < -0.39 is 0 Å². The van der Waals surface area contributed by atoms with Crippen LogP contribution in [-0.4, -0.2) is 30.8 Å². The number of urea groups is 1. The van der Waals surface area contributed by atoms with Gasteiger partial charge >= 0.3 is 6.03 Å². The molecule has 5 heteroatoms. The minimum Gasteiger partial charge on any atom is -0.373 e. The van der Waals surface area contributed by atoms with E-state index in [1.165, 1.54) is 6.07 Å². The van der Waals surface area contributed by atoms with Gasteiger partial charge < -0.3 is 15.4 Å². The van der Waals surface area contributed by atoms with Gasteiger partial charge in [0.2, 0.25) is 0 Å². The minimum atomic E-state index is -0.214. The summed E-state index contributed by atoms with van der Waals surface area (Å²) in [5.41, 5.74) is 0.506. The SMILES string of the molecule is O=C(NCC1(c2ccccc2F)CC1)NC1CC2CCC1O2. The van der Waals surface area contributed by atoms with E-state index in [2.05, 4.69) is 10.6 Å². The van der Waals surface area contributed by atoms with Gasteiger partial charge in [0.05, 0.1) is 18.2 Å². The number of ether oxygens (including phenoxy) is 1. The maximum absolute atomic E-state index is 13.9. The van der Waals surface area contributed by atoms with Gasteiger partial charge in [-0.25, -0.2) is 9.18 Å². The van der Waals surface area contributed by atoms with E-state index in [4.69, 9.17) is 4.74 Å². The molecule has 22 heavy (non-hydrogen) atoms. The molecule has 0 aromatic heterocycles. The van der Waals surface area contributed by atoms with Crippen molar-refractivity contribution in [2.45, 2.75) is 55.8 Å². The van der Waals surface area contributed by atoms with E-state index >= 15 is 0 Å². The zero-order chi connectivity index (χ0) is 15.2. The van der Waals surface area contributed by atoms with Crippen LogP contribution in [0.5, 0.6) is 0 Å². The third-order valence-electron chi connectivity index (χ3n) is 5.31. The van der Waals surface area contributed by atoms with Crippen molar-refractivity contribution in [2.24, 2.45) is 0 Å². The first-order valence-electron chi connectivity index (χ1n) is 8.11. The van der Waals surface area contributed by atoms with Crippen LogP contribution in [0.25, 0.3) is 0 Å². The van der Waals surface area contributed by atoms with Crippen molar-refractivity contribution < 1.29 is 13.9 Å². The van der Waals surface area contributed by atoms with E-state index in [0.717, 1.165) is 37.7 Å². The van der Waals surface area contributed by atoms with Crippen molar-refractivity contribution in [2.75, 3.05) is 6.54 Å². The molecule has 0 radical (unpaired) electrons. The molecule has 0 spiro atoms. The fourth-order valence-corrected chi connectivity index (χ4v) is 3.84. The Labute approximate surface area is 129 Å². The molecular weight excluding hydrogens is 283 g/mol. The molecule has 3 aliphatic rings. The third kappa shape index (κ3) is 2.47. The van der Waals surface area contributed by atoms with Crippen molar-refractivity contribution in [3.8, 4) is 0 Å². The molecule has 1 aliphatic carbocycles. The number of amides is 2. The fraction of sp³-hybridized carbons (Fsp3) is 0.588. The predicted octanol–water partition coefficient (Wildman–Crippen LogP) is 2.48. The Morgan fingerprint density at radius 3 is 2.77 bits per heavy atom. The first-order valence-corrected chi connectivity index (χ1v) is 8.11. The second-order valence-corrected chi connectivity index (χ2v) is 6.80.